The van der Waals surface area contributed by atoms with Crippen LogP contribution in [0.4, 0.5) is 0 Å². The largest absolute Gasteiger partial charge is 0.497 e. The quantitative estimate of drug-likeness (QED) is 0.393. The zero-order valence-corrected chi connectivity index (χ0v) is 16.3. The second kappa shape index (κ2) is 9.02. The summed E-state index contributed by atoms with van der Waals surface area (Å²) in [5.74, 6) is 2.24. The van der Waals surface area contributed by atoms with Gasteiger partial charge >= 0.3 is 0 Å². The number of hydrogen-bond acceptors (Lipinski definition) is 3. The van der Waals surface area contributed by atoms with Crippen LogP contribution in [0.1, 0.15) is 11.1 Å². The van der Waals surface area contributed by atoms with Crippen LogP contribution in [0.5, 0.6) is 17.2 Å². The summed E-state index contributed by atoms with van der Waals surface area (Å²) < 4.78 is 19.4. The first-order valence-electron chi connectivity index (χ1n) is 9.52. The van der Waals surface area contributed by atoms with Crippen molar-refractivity contribution in [1.82, 2.24) is 4.57 Å². The molecule has 0 unspecified atom stereocenters. The summed E-state index contributed by atoms with van der Waals surface area (Å²) in [4.78, 5) is 0. The molecule has 0 bridgehead atoms. The van der Waals surface area contributed by atoms with E-state index in [2.05, 4.69) is 0 Å². The fourth-order valence-corrected chi connectivity index (χ4v) is 3.01. The van der Waals surface area contributed by atoms with E-state index in [0.717, 1.165) is 22.6 Å². The summed E-state index contributed by atoms with van der Waals surface area (Å²) in [7, 11) is 1.66. The average molecular weight is 385 g/mol. The molecule has 4 heteroatoms. The van der Waals surface area contributed by atoms with E-state index in [9.17, 15) is 0 Å². The van der Waals surface area contributed by atoms with Crippen molar-refractivity contribution in [3.8, 4) is 22.9 Å². The Hall–Kier alpha value is -3.66. The van der Waals surface area contributed by atoms with Gasteiger partial charge < -0.3 is 18.8 Å². The van der Waals surface area contributed by atoms with Crippen LogP contribution in [0.25, 0.3) is 5.69 Å². The first kappa shape index (κ1) is 18.7. The van der Waals surface area contributed by atoms with Gasteiger partial charge in [0, 0.05) is 5.69 Å². The van der Waals surface area contributed by atoms with Gasteiger partial charge in [-0.15, -0.1) is 0 Å². The van der Waals surface area contributed by atoms with Gasteiger partial charge in [-0.05, 0) is 35.4 Å². The van der Waals surface area contributed by atoms with Crippen molar-refractivity contribution in [3.63, 3.8) is 0 Å². The smallest absolute Gasteiger partial charge is 0.179 e. The monoisotopic (exact) mass is 385 g/mol. The SMILES string of the molecule is COc1ccc(-n2cc(OCc3ccccc3)c(OCc3ccccc3)c2)cc1. The molecular weight excluding hydrogens is 362 g/mol. The Bertz CT molecular complexity index is 964. The van der Waals surface area contributed by atoms with Crippen LogP contribution in [-0.4, -0.2) is 11.7 Å². The van der Waals surface area contributed by atoms with Gasteiger partial charge in [-0.2, -0.15) is 0 Å². The molecule has 0 aliphatic rings. The van der Waals surface area contributed by atoms with E-state index in [4.69, 9.17) is 14.2 Å². The van der Waals surface area contributed by atoms with Crippen molar-refractivity contribution in [3.05, 3.63) is 108 Å². The predicted octanol–water partition coefficient (Wildman–Crippen LogP) is 5.64. The molecule has 146 valence electrons. The van der Waals surface area contributed by atoms with E-state index in [-0.39, 0.29) is 0 Å². The van der Waals surface area contributed by atoms with Crippen molar-refractivity contribution in [2.24, 2.45) is 0 Å². The minimum absolute atomic E-state index is 0.481. The number of nitrogens with zero attached hydrogens (tertiary/aromatic N) is 1. The highest BCUT2D eigenvalue weighted by Crippen LogP contribution is 2.32. The Morgan fingerprint density at radius 3 is 1.55 bits per heavy atom. The lowest BCUT2D eigenvalue weighted by atomic mass is 10.2. The van der Waals surface area contributed by atoms with Crippen LogP contribution in [0.3, 0.4) is 0 Å². The van der Waals surface area contributed by atoms with Gasteiger partial charge in [0.25, 0.3) is 0 Å². The molecule has 0 aliphatic carbocycles. The van der Waals surface area contributed by atoms with Crippen molar-refractivity contribution >= 4 is 0 Å². The maximum absolute atomic E-state index is 6.09. The zero-order valence-electron chi connectivity index (χ0n) is 16.3. The van der Waals surface area contributed by atoms with E-state index in [1.807, 2.05) is 102 Å². The molecule has 0 saturated carbocycles. The lowest BCUT2D eigenvalue weighted by Crippen LogP contribution is -1.98. The number of hydrogen-bond donors (Lipinski definition) is 0. The minimum atomic E-state index is 0.481. The van der Waals surface area contributed by atoms with E-state index < -0.39 is 0 Å². The normalized spacial score (nSPS) is 10.5. The Morgan fingerprint density at radius 2 is 1.10 bits per heavy atom. The first-order chi connectivity index (χ1) is 14.3. The van der Waals surface area contributed by atoms with Crippen molar-refractivity contribution < 1.29 is 14.2 Å². The molecule has 0 spiro atoms. The highest BCUT2D eigenvalue weighted by atomic mass is 16.5. The summed E-state index contributed by atoms with van der Waals surface area (Å²) in [6.45, 7) is 0.963. The standard InChI is InChI=1S/C25H23NO3/c1-27-23-14-12-22(13-15-23)26-16-24(28-18-20-8-4-2-5-9-20)25(17-26)29-19-21-10-6-3-7-11-21/h2-17H,18-19H2,1H3. The molecule has 0 amide bonds. The van der Waals surface area contributed by atoms with Crippen molar-refractivity contribution in [2.75, 3.05) is 7.11 Å². The summed E-state index contributed by atoms with van der Waals surface area (Å²) in [6.07, 6.45) is 3.90. The molecule has 4 aromatic rings. The van der Waals surface area contributed by atoms with Gasteiger partial charge in [0.15, 0.2) is 11.5 Å². The Kier molecular flexibility index (Phi) is 5.81. The molecule has 3 aromatic carbocycles. The number of methoxy groups -OCH3 is 1. The third-order valence-corrected chi connectivity index (χ3v) is 4.60. The van der Waals surface area contributed by atoms with Crippen LogP contribution < -0.4 is 14.2 Å². The zero-order chi connectivity index (χ0) is 19.9. The molecule has 0 aliphatic heterocycles. The molecule has 4 rings (SSSR count). The number of aromatic nitrogens is 1. The molecule has 0 radical (unpaired) electrons. The molecule has 0 N–H and O–H groups in total. The van der Waals surface area contributed by atoms with Gasteiger partial charge in [-0.3, -0.25) is 0 Å². The third kappa shape index (κ3) is 4.79. The molecule has 1 aromatic heterocycles. The van der Waals surface area contributed by atoms with Crippen LogP contribution >= 0.6 is 0 Å². The number of rotatable bonds is 8. The molecule has 0 saturated heterocycles. The van der Waals surface area contributed by atoms with Crippen LogP contribution in [0, 0.1) is 0 Å². The van der Waals surface area contributed by atoms with E-state index in [1.165, 1.54) is 0 Å². The second-order valence-electron chi connectivity index (χ2n) is 6.64. The van der Waals surface area contributed by atoms with Crippen LogP contribution in [0.15, 0.2) is 97.3 Å². The molecule has 29 heavy (non-hydrogen) atoms. The molecule has 4 nitrogen and oxygen atoms in total. The van der Waals surface area contributed by atoms with E-state index in [0.29, 0.717) is 24.7 Å². The van der Waals surface area contributed by atoms with Gasteiger partial charge in [0.2, 0.25) is 0 Å². The topological polar surface area (TPSA) is 32.6 Å². The van der Waals surface area contributed by atoms with Crippen molar-refractivity contribution in [2.45, 2.75) is 13.2 Å². The maximum Gasteiger partial charge on any atom is 0.179 e. The fourth-order valence-electron chi connectivity index (χ4n) is 3.01. The Labute approximate surface area is 170 Å². The molecule has 0 fully saturated rings. The number of ether oxygens (including phenoxy) is 3. The van der Waals surface area contributed by atoms with Gasteiger partial charge in [0.1, 0.15) is 19.0 Å². The molecule has 1 heterocycles. The summed E-state index contributed by atoms with van der Waals surface area (Å²) in [5.41, 5.74) is 3.22. The summed E-state index contributed by atoms with van der Waals surface area (Å²) in [5, 5.41) is 0. The van der Waals surface area contributed by atoms with E-state index in [1.54, 1.807) is 7.11 Å². The molecular formula is C25H23NO3. The summed E-state index contributed by atoms with van der Waals surface area (Å²) in [6, 6.07) is 28.1. The van der Waals surface area contributed by atoms with Crippen LogP contribution in [0.2, 0.25) is 0 Å². The predicted molar refractivity (Wildman–Crippen MR) is 114 cm³/mol. The highest BCUT2D eigenvalue weighted by Gasteiger charge is 2.12. The minimum Gasteiger partial charge on any atom is -0.497 e. The Balaban J connectivity index is 1.56. The summed E-state index contributed by atoms with van der Waals surface area (Å²) >= 11 is 0. The highest BCUT2D eigenvalue weighted by molar-refractivity contribution is 5.46. The van der Waals surface area contributed by atoms with Crippen molar-refractivity contribution in [1.29, 1.82) is 0 Å². The van der Waals surface area contributed by atoms with Gasteiger partial charge in [-0.25, -0.2) is 0 Å². The maximum atomic E-state index is 6.09. The van der Waals surface area contributed by atoms with Crippen LogP contribution in [-0.2, 0) is 13.2 Å². The lowest BCUT2D eigenvalue weighted by molar-refractivity contribution is 0.258. The fraction of sp³-hybridized carbons (Fsp3) is 0.120. The number of benzene rings is 3. The van der Waals surface area contributed by atoms with Gasteiger partial charge in [0.05, 0.1) is 19.5 Å². The Morgan fingerprint density at radius 1 is 0.621 bits per heavy atom. The average Bonchev–Trinajstić information content (AvgIpc) is 3.21. The second-order valence-corrected chi connectivity index (χ2v) is 6.64. The molecule has 0 atom stereocenters. The van der Waals surface area contributed by atoms with Gasteiger partial charge in [-0.1, -0.05) is 60.7 Å². The lowest BCUT2D eigenvalue weighted by Gasteiger charge is -2.09. The first-order valence-corrected chi connectivity index (χ1v) is 9.52. The third-order valence-electron chi connectivity index (χ3n) is 4.60. The van der Waals surface area contributed by atoms with E-state index >= 15 is 0 Å².